The summed E-state index contributed by atoms with van der Waals surface area (Å²) in [5, 5.41) is 7.37. The van der Waals surface area contributed by atoms with Crippen molar-refractivity contribution in [1.29, 1.82) is 0 Å². The van der Waals surface area contributed by atoms with Gasteiger partial charge in [-0.25, -0.2) is 4.99 Å². The molecule has 140 valence electrons. The van der Waals surface area contributed by atoms with Gasteiger partial charge in [-0.05, 0) is 48.7 Å². The summed E-state index contributed by atoms with van der Waals surface area (Å²) in [4.78, 5) is 4.64. The normalized spacial score (nSPS) is 11.2. The third-order valence-electron chi connectivity index (χ3n) is 3.83. The van der Waals surface area contributed by atoms with Gasteiger partial charge in [-0.1, -0.05) is 29.8 Å². The molecule has 0 aliphatic heterocycles. The molecule has 0 spiro atoms. The maximum Gasteiger partial charge on any atom is 0.191 e. The molecular weight excluding hydrogens is 350 g/mol. The van der Waals surface area contributed by atoms with Gasteiger partial charge in [0.1, 0.15) is 0 Å². The molecule has 2 N–H and O–H groups in total. The molecule has 0 aliphatic carbocycles. The molecule has 0 atom stereocenters. The van der Waals surface area contributed by atoms with Crippen LogP contribution in [0.15, 0.2) is 47.5 Å². The lowest BCUT2D eigenvalue weighted by molar-refractivity contribution is 0.354. The van der Waals surface area contributed by atoms with Gasteiger partial charge >= 0.3 is 0 Å². The van der Waals surface area contributed by atoms with Crippen molar-refractivity contribution < 1.29 is 9.47 Å². The van der Waals surface area contributed by atoms with E-state index in [0.29, 0.717) is 18.0 Å². The van der Waals surface area contributed by atoms with Crippen LogP contribution in [0.2, 0.25) is 5.02 Å². The zero-order valence-electron chi connectivity index (χ0n) is 15.5. The molecule has 0 radical (unpaired) electrons. The molecule has 0 heterocycles. The summed E-state index contributed by atoms with van der Waals surface area (Å²) < 4.78 is 10.6. The fraction of sp³-hybridized carbons (Fsp3) is 0.350. The second-order valence-electron chi connectivity index (χ2n) is 5.69. The molecule has 0 aliphatic rings. The molecule has 6 heteroatoms. The van der Waals surface area contributed by atoms with E-state index in [1.165, 1.54) is 5.56 Å². The van der Waals surface area contributed by atoms with E-state index in [2.05, 4.69) is 15.6 Å². The van der Waals surface area contributed by atoms with E-state index in [1.54, 1.807) is 14.2 Å². The van der Waals surface area contributed by atoms with Gasteiger partial charge in [0.15, 0.2) is 17.5 Å². The van der Waals surface area contributed by atoms with E-state index in [-0.39, 0.29) is 0 Å². The highest BCUT2D eigenvalue weighted by Crippen LogP contribution is 2.27. The lowest BCUT2D eigenvalue weighted by Crippen LogP contribution is -2.38. The molecular formula is C20H26ClN3O2. The first-order valence-electron chi connectivity index (χ1n) is 8.63. The van der Waals surface area contributed by atoms with Crippen LogP contribution in [-0.4, -0.2) is 33.3 Å². The number of benzene rings is 2. The summed E-state index contributed by atoms with van der Waals surface area (Å²) in [6.45, 7) is 4.20. The number of halogens is 1. The Labute approximate surface area is 160 Å². The molecule has 5 nitrogen and oxygen atoms in total. The largest absolute Gasteiger partial charge is 0.493 e. The zero-order chi connectivity index (χ0) is 18.8. The Morgan fingerprint density at radius 3 is 2.31 bits per heavy atom. The first-order valence-corrected chi connectivity index (χ1v) is 9.01. The Balaban J connectivity index is 1.94. The number of ether oxygens (including phenoxy) is 2. The number of methoxy groups -OCH3 is 2. The van der Waals surface area contributed by atoms with Gasteiger partial charge in [0.05, 0.1) is 20.8 Å². The highest BCUT2D eigenvalue weighted by molar-refractivity contribution is 6.30. The van der Waals surface area contributed by atoms with Crippen LogP contribution in [0, 0.1) is 0 Å². The summed E-state index contributed by atoms with van der Waals surface area (Å²) in [7, 11) is 3.26. The van der Waals surface area contributed by atoms with E-state index < -0.39 is 0 Å². The second kappa shape index (κ2) is 10.6. The van der Waals surface area contributed by atoms with Crippen molar-refractivity contribution >= 4 is 17.6 Å². The number of guanidine groups is 1. The Hall–Kier alpha value is -2.40. The quantitative estimate of drug-likeness (QED) is 0.546. The van der Waals surface area contributed by atoms with Gasteiger partial charge in [0.2, 0.25) is 0 Å². The van der Waals surface area contributed by atoms with Crippen LogP contribution in [0.4, 0.5) is 0 Å². The van der Waals surface area contributed by atoms with E-state index in [9.17, 15) is 0 Å². The molecule has 2 aromatic rings. The van der Waals surface area contributed by atoms with Crippen molar-refractivity contribution in [2.45, 2.75) is 19.9 Å². The number of rotatable bonds is 8. The number of nitrogens with one attached hydrogen (secondary N) is 2. The fourth-order valence-electron chi connectivity index (χ4n) is 2.47. The van der Waals surface area contributed by atoms with Crippen LogP contribution in [0.3, 0.4) is 0 Å². The number of hydrogen-bond acceptors (Lipinski definition) is 3. The lowest BCUT2D eigenvalue weighted by atomic mass is 10.1. The van der Waals surface area contributed by atoms with Crippen LogP contribution in [0.5, 0.6) is 11.5 Å². The van der Waals surface area contributed by atoms with Crippen LogP contribution < -0.4 is 20.1 Å². The average Bonchev–Trinajstić information content (AvgIpc) is 2.67. The molecule has 0 unspecified atom stereocenters. The van der Waals surface area contributed by atoms with E-state index in [0.717, 1.165) is 36.1 Å². The Kier molecular flexibility index (Phi) is 8.09. The molecule has 0 aromatic heterocycles. The van der Waals surface area contributed by atoms with Crippen LogP contribution in [0.25, 0.3) is 0 Å². The molecule has 2 rings (SSSR count). The molecule has 0 fully saturated rings. The van der Waals surface area contributed by atoms with E-state index in [1.807, 2.05) is 49.4 Å². The summed E-state index contributed by atoms with van der Waals surface area (Å²) >= 11 is 5.92. The summed E-state index contributed by atoms with van der Waals surface area (Å²) in [6, 6.07) is 13.7. The molecule has 0 saturated carbocycles. The zero-order valence-corrected chi connectivity index (χ0v) is 16.3. The SMILES string of the molecule is CCNC(=NCc1ccc(OC)c(OC)c1)NCCc1ccc(Cl)cc1. The monoisotopic (exact) mass is 375 g/mol. The minimum Gasteiger partial charge on any atom is -0.493 e. The van der Waals surface area contributed by atoms with Crippen LogP contribution >= 0.6 is 11.6 Å². The Bertz CT molecular complexity index is 717. The van der Waals surface area contributed by atoms with Crippen molar-refractivity contribution in [1.82, 2.24) is 10.6 Å². The van der Waals surface area contributed by atoms with Crippen molar-refractivity contribution in [3.63, 3.8) is 0 Å². The minimum absolute atomic E-state index is 0.552. The highest BCUT2D eigenvalue weighted by Gasteiger charge is 2.05. The second-order valence-corrected chi connectivity index (χ2v) is 6.12. The minimum atomic E-state index is 0.552. The molecule has 0 amide bonds. The summed E-state index contributed by atoms with van der Waals surface area (Å²) in [6.07, 6.45) is 0.901. The summed E-state index contributed by atoms with van der Waals surface area (Å²) in [5.74, 6) is 2.21. The number of nitrogens with zero attached hydrogens (tertiary/aromatic N) is 1. The molecule has 2 aromatic carbocycles. The first kappa shape index (κ1) is 19.9. The molecule has 0 saturated heterocycles. The maximum absolute atomic E-state index is 5.92. The van der Waals surface area contributed by atoms with Gasteiger partial charge in [-0.2, -0.15) is 0 Å². The third-order valence-corrected chi connectivity index (χ3v) is 4.08. The number of hydrogen-bond donors (Lipinski definition) is 2. The van der Waals surface area contributed by atoms with Crippen molar-refractivity contribution in [3.8, 4) is 11.5 Å². The standard InChI is InChI=1S/C20H26ClN3O2/c1-4-22-20(23-12-11-15-5-8-17(21)9-6-15)24-14-16-7-10-18(25-2)19(13-16)26-3/h5-10,13H,4,11-12,14H2,1-3H3,(H2,22,23,24). The topological polar surface area (TPSA) is 54.9 Å². The van der Waals surface area contributed by atoms with Gasteiger partial charge in [-0.3, -0.25) is 0 Å². The van der Waals surface area contributed by atoms with Crippen molar-refractivity contribution in [2.75, 3.05) is 27.3 Å². The predicted octanol–water partition coefficient (Wildman–Crippen LogP) is 3.66. The number of aliphatic imine (C=N–C) groups is 1. The highest BCUT2D eigenvalue weighted by atomic mass is 35.5. The van der Waals surface area contributed by atoms with Gasteiger partial charge < -0.3 is 20.1 Å². The third kappa shape index (κ3) is 6.15. The van der Waals surface area contributed by atoms with E-state index >= 15 is 0 Å². The van der Waals surface area contributed by atoms with Gasteiger partial charge in [0.25, 0.3) is 0 Å². The Morgan fingerprint density at radius 2 is 1.65 bits per heavy atom. The lowest BCUT2D eigenvalue weighted by Gasteiger charge is -2.12. The van der Waals surface area contributed by atoms with Crippen molar-refractivity contribution in [3.05, 3.63) is 58.6 Å². The van der Waals surface area contributed by atoms with Crippen molar-refractivity contribution in [2.24, 2.45) is 4.99 Å². The Morgan fingerprint density at radius 1 is 0.962 bits per heavy atom. The average molecular weight is 376 g/mol. The first-order chi connectivity index (χ1) is 12.7. The fourth-order valence-corrected chi connectivity index (χ4v) is 2.59. The smallest absolute Gasteiger partial charge is 0.191 e. The van der Waals surface area contributed by atoms with Crippen LogP contribution in [0.1, 0.15) is 18.1 Å². The van der Waals surface area contributed by atoms with Crippen LogP contribution in [-0.2, 0) is 13.0 Å². The van der Waals surface area contributed by atoms with Gasteiger partial charge in [0, 0.05) is 18.1 Å². The summed E-state index contributed by atoms with van der Waals surface area (Å²) in [5.41, 5.74) is 2.29. The maximum atomic E-state index is 5.92. The molecule has 0 bridgehead atoms. The van der Waals surface area contributed by atoms with Gasteiger partial charge in [-0.15, -0.1) is 0 Å². The predicted molar refractivity (Wildman–Crippen MR) is 108 cm³/mol. The molecule has 26 heavy (non-hydrogen) atoms. The van der Waals surface area contributed by atoms with E-state index in [4.69, 9.17) is 21.1 Å².